The van der Waals surface area contributed by atoms with E-state index in [4.69, 9.17) is 0 Å². The van der Waals surface area contributed by atoms with Gasteiger partial charge in [0.25, 0.3) is 0 Å². The Hall–Kier alpha value is -0.330. The summed E-state index contributed by atoms with van der Waals surface area (Å²) in [4.78, 5) is 4.42. The molecule has 0 radical (unpaired) electrons. The van der Waals surface area contributed by atoms with Crippen LogP contribution in [0.4, 0.5) is 0 Å². The van der Waals surface area contributed by atoms with Crippen LogP contribution in [-0.4, -0.2) is 11.8 Å². The zero-order chi connectivity index (χ0) is 9.12. The summed E-state index contributed by atoms with van der Waals surface area (Å²) in [6.45, 7) is 13.1. The molecule has 11 heavy (non-hydrogen) atoms. The van der Waals surface area contributed by atoms with Gasteiger partial charge in [-0.2, -0.15) is 0 Å². The van der Waals surface area contributed by atoms with Crippen molar-refractivity contribution in [3.8, 4) is 0 Å². The Kier molecular flexibility index (Phi) is 3.28. The summed E-state index contributed by atoms with van der Waals surface area (Å²) in [6, 6.07) is 0. The molecule has 0 rings (SSSR count). The molecule has 0 aromatic heterocycles. The summed E-state index contributed by atoms with van der Waals surface area (Å²) in [6.07, 6.45) is 3.02. The topological polar surface area (TPSA) is 12.4 Å². The van der Waals surface area contributed by atoms with Crippen LogP contribution >= 0.6 is 0 Å². The molecule has 0 N–H and O–H groups in total. The van der Waals surface area contributed by atoms with Gasteiger partial charge in [-0.3, -0.25) is 4.99 Å². The van der Waals surface area contributed by atoms with Crippen molar-refractivity contribution in [2.45, 2.75) is 53.5 Å². The Morgan fingerprint density at radius 3 is 1.82 bits per heavy atom. The van der Waals surface area contributed by atoms with E-state index in [2.05, 4.69) is 39.6 Å². The van der Waals surface area contributed by atoms with E-state index in [1.165, 1.54) is 0 Å². The normalized spacial score (nSPS) is 14.4. The van der Waals surface area contributed by atoms with Gasteiger partial charge >= 0.3 is 0 Å². The monoisotopic (exact) mass is 155 g/mol. The van der Waals surface area contributed by atoms with Gasteiger partial charge in [0.15, 0.2) is 0 Å². The van der Waals surface area contributed by atoms with Gasteiger partial charge in [-0.05, 0) is 38.8 Å². The van der Waals surface area contributed by atoms with Crippen LogP contribution in [0.1, 0.15) is 48.0 Å². The number of aliphatic imine (C=N–C) groups is 1. The maximum absolute atomic E-state index is 4.42. The molecule has 0 heterocycles. The second kappa shape index (κ2) is 3.38. The lowest BCUT2D eigenvalue weighted by molar-refractivity contribution is 0.289. The molecule has 0 aromatic carbocycles. The van der Waals surface area contributed by atoms with Crippen molar-refractivity contribution in [3.05, 3.63) is 0 Å². The number of hydrogen-bond acceptors (Lipinski definition) is 1. The summed E-state index contributed by atoms with van der Waals surface area (Å²) in [5, 5.41) is 0. The predicted molar refractivity (Wildman–Crippen MR) is 52.3 cm³/mol. The highest BCUT2D eigenvalue weighted by Gasteiger charge is 2.23. The molecule has 0 aliphatic heterocycles. The lowest BCUT2D eigenvalue weighted by Gasteiger charge is -2.28. The van der Waals surface area contributed by atoms with Gasteiger partial charge in [-0.1, -0.05) is 20.8 Å². The molecule has 0 saturated heterocycles. The van der Waals surface area contributed by atoms with Gasteiger partial charge in [0.1, 0.15) is 0 Å². The smallest absolute Gasteiger partial charge is 0.0553 e. The maximum atomic E-state index is 4.42. The highest BCUT2D eigenvalue weighted by molar-refractivity contribution is 5.54. The average molecular weight is 155 g/mol. The fourth-order valence-corrected chi connectivity index (χ4v) is 1.69. The van der Waals surface area contributed by atoms with Crippen LogP contribution < -0.4 is 0 Å². The van der Waals surface area contributed by atoms with Gasteiger partial charge in [0.2, 0.25) is 0 Å². The first-order chi connectivity index (χ1) is 4.77. The van der Waals surface area contributed by atoms with Crippen molar-refractivity contribution in [2.24, 2.45) is 10.4 Å². The van der Waals surface area contributed by atoms with Crippen molar-refractivity contribution in [1.82, 2.24) is 0 Å². The molecule has 0 amide bonds. The number of hydrogen-bond donors (Lipinski definition) is 0. The predicted octanol–water partition coefficient (Wildman–Crippen LogP) is 3.29. The Balaban J connectivity index is 4.13. The Morgan fingerprint density at radius 2 is 1.55 bits per heavy atom. The van der Waals surface area contributed by atoms with E-state index >= 15 is 0 Å². The van der Waals surface area contributed by atoms with E-state index in [1.54, 1.807) is 0 Å². The summed E-state index contributed by atoms with van der Waals surface area (Å²) < 4.78 is 0. The summed E-state index contributed by atoms with van der Waals surface area (Å²) in [5.41, 5.74) is 0.475. The van der Waals surface area contributed by atoms with Crippen LogP contribution in [0.2, 0.25) is 0 Å². The van der Waals surface area contributed by atoms with Crippen LogP contribution in [0.3, 0.4) is 0 Å². The van der Waals surface area contributed by atoms with E-state index < -0.39 is 0 Å². The largest absolute Gasteiger partial charge is 0.292 e. The lowest BCUT2D eigenvalue weighted by Crippen LogP contribution is -2.24. The minimum absolute atomic E-state index is 0.104. The van der Waals surface area contributed by atoms with E-state index in [0.29, 0.717) is 5.41 Å². The third kappa shape index (κ3) is 6.08. The standard InChI is InChI=1S/C10H21N/c1-7-11-10(5,6)8-9(2,3)4/h7H,8H2,1-6H3/b11-7+. The average Bonchev–Trinajstić information content (AvgIpc) is 1.55. The summed E-state index contributed by atoms with van der Waals surface area (Å²) in [5.74, 6) is 0. The van der Waals surface area contributed by atoms with Crippen LogP contribution in [-0.2, 0) is 0 Å². The molecule has 1 nitrogen and oxygen atoms in total. The molecule has 0 atom stereocenters. The van der Waals surface area contributed by atoms with Crippen molar-refractivity contribution < 1.29 is 0 Å². The van der Waals surface area contributed by atoms with E-state index in [-0.39, 0.29) is 5.54 Å². The fourth-order valence-electron chi connectivity index (χ4n) is 1.69. The molecule has 0 aliphatic rings. The van der Waals surface area contributed by atoms with Gasteiger partial charge in [-0.15, -0.1) is 0 Å². The van der Waals surface area contributed by atoms with Crippen LogP contribution in [0, 0.1) is 5.41 Å². The quantitative estimate of drug-likeness (QED) is 0.543. The highest BCUT2D eigenvalue weighted by Crippen LogP contribution is 2.28. The van der Waals surface area contributed by atoms with Gasteiger partial charge < -0.3 is 0 Å². The molecule has 0 aromatic rings. The second-order valence-electron chi connectivity index (χ2n) is 4.94. The molecule has 0 bridgehead atoms. The molecule has 0 fully saturated rings. The van der Waals surface area contributed by atoms with Crippen LogP contribution in [0.25, 0.3) is 0 Å². The molecule has 66 valence electrons. The molecule has 0 unspecified atom stereocenters. The molecule has 1 heteroatoms. The second-order valence-corrected chi connectivity index (χ2v) is 4.94. The SMILES string of the molecule is C/C=N/C(C)(C)CC(C)(C)C. The Morgan fingerprint density at radius 1 is 1.09 bits per heavy atom. The van der Waals surface area contributed by atoms with Gasteiger partial charge in [0, 0.05) is 0 Å². The summed E-state index contributed by atoms with van der Waals surface area (Å²) in [7, 11) is 0. The number of nitrogens with zero attached hydrogens (tertiary/aromatic N) is 1. The zero-order valence-electron chi connectivity index (χ0n) is 8.73. The first kappa shape index (κ1) is 10.7. The third-order valence-electron chi connectivity index (χ3n) is 1.44. The van der Waals surface area contributed by atoms with Gasteiger partial charge in [0.05, 0.1) is 5.54 Å². The first-order valence-corrected chi connectivity index (χ1v) is 4.27. The van der Waals surface area contributed by atoms with Crippen molar-refractivity contribution >= 4 is 6.21 Å². The molecule has 0 aliphatic carbocycles. The summed E-state index contributed by atoms with van der Waals surface area (Å²) >= 11 is 0. The fraction of sp³-hybridized carbons (Fsp3) is 0.900. The molecule has 0 saturated carbocycles. The Bertz CT molecular complexity index is 137. The molecular weight excluding hydrogens is 134 g/mol. The number of rotatable bonds is 2. The minimum atomic E-state index is 0.104. The van der Waals surface area contributed by atoms with E-state index in [9.17, 15) is 0 Å². The van der Waals surface area contributed by atoms with E-state index in [1.807, 2.05) is 13.1 Å². The van der Waals surface area contributed by atoms with E-state index in [0.717, 1.165) is 6.42 Å². The molecular formula is C10H21N. The van der Waals surface area contributed by atoms with Crippen LogP contribution in [0.5, 0.6) is 0 Å². The molecule has 0 spiro atoms. The minimum Gasteiger partial charge on any atom is -0.292 e. The Labute approximate surface area is 70.9 Å². The maximum Gasteiger partial charge on any atom is 0.0553 e. The lowest BCUT2D eigenvalue weighted by atomic mass is 9.82. The first-order valence-electron chi connectivity index (χ1n) is 4.27. The third-order valence-corrected chi connectivity index (χ3v) is 1.44. The zero-order valence-corrected chi connectivity index (χ0v) is 8.73. The highest BCUT2D eigenvalue weighted by atomic mass is 14.8. The van der Waals surface area contributed by atoms with Gasteiger partial charge in [-0.25, -0.2) is 0 Å². The van der Waals surface area contributed by atoms with Crippen molar-refractivity contribution in [3.63, 3.8) is 0 Å². The van der Waals surface area contributed by atoms with Crippen molar-refractivity contribution in [2.75, 3.05) is 0 Å². The van der Waals surface area contributed by atoms with Crippen LogP contribution in [0.15, 0.2) is 4.99 Å². The van der Waals surface area contributed by atoms with Crippen molar-refractivity contribution in [1.29, 1.82) is 0 Å².